The number of rotatable bonds is 7. The second kappa shape index (κ2) is 10.5. The van der Waals surface area contributed by atoms with Gasteiger partial charge in [-0.1, -0.05) is 33.1 Å². The first kappa shape index (κ1) is 21.5. The molecule has 0 saturated heterocycles. The number of hydrogen-bond donors (Lipinski definition) is 2. The van der Waals surface area contributed by atoms with Crippen LogP contribution in [0.2, 0.25) is 0 Å². The highest BCUT2D eigenvalue weighted by molar-refractivity contribution is 5.72. The van der Waals surface area contributed by atoms with Crippen molar-refractivity contribution in [3.8, 4) is 0 Å². The molecule has 27 heavy (non-hydrogen) atoms. The van der Waals surface area contributed by atoms with Crippen LogP contribution in [-0.4, -0.2) is 36.0 Å². The highest BCUT2D eigenvalue weighted by Crippen LogP contribution is 2.30. The fourth-order valence-electron chi connectivity index (χ4n) is 3.86. The lowest BCUT2D eigenvalue weighted by Crippen LogP contribution is -2.39. The van der Waals surface area contributed by atoms with Crippen molar-refractivity contribution in [2.75, 3.05) is 6.54 Å². The molecule has 7 heteroatoms. The van der Waals surface area contributed by atoms with Crippen LogP contribution < -0.4 is 5.32 Å². The smallest absolute Gasteiger partial charge is 0.410 e. The van der Waals surface area contributed by atoms with E-state index >= 15 is 0 Å². The fraction of sp³-hybridized carbons (Fsp3) is 0.850. The molecule has 2 saturated carbocycles. The van der Waals surface area contributed by atoms with Gasteiger partial charge < -0.3 is 19.9 Å². The molecule has 1 atom stereocenters. The standard InChI is InChI=1S/C20H33NO6/c1-13(2)18(24)26-19(16-6-4-3-5-7-16)27-20(25)21-12-14-8-10-15(11-9-14)17(22)23/h13-16,19H,3-12H2,1-2H3,(H,21,25)(H,22,23)/t14-,15-,19?. The number of nitrogens with one attached hydrogen (secondary N) is 1. The molecule has 0 spiro atoms. The SMILES string of the molecule is CC(C)C(=O)OC(OC(=O)NC[C@H]1CC[C@H](C(=O)O)CC1)C1CCCCC1. The summed E-state index contributed by atoms with van der Waals surface area (Å²) in [5.74, 6) is -1.31. The Bertz CT molecular complexity index is 507. The Balaban J connectivity index is 1.80. The largest absolute Gasteiger partial charge is 0.481 e. The van der Waals surface area contributed by atoms with E-state index in [4.69, 9.17) is 14.6 Å². The quantitative estimate of drug-likeness (QED) is 0.513. The molecule has 0 aromatic heterocycles. The van der Waals surface area contributed by atoms with E-state index in [1.54, 1.807) is 13.8 Å². The molecular formula is C20H33NO6. The first-order valence-corrected chi connectivity index (χ1v) is 10.2. The van der Waals surface area contributed by atoms with E-state index in [9.17, 15) is 14.4 Å². The van der Waals surface area contributed by atoms with Gasteiger partial charge in [-0.25, -0.2) is 4.79 Å². The molecule has 0 heterocycles. The van der Waals surface area contributed by atoms with Crippen LogP contribution in [0.5, 0.6) is 0 Å². The summed E-state index contributed by atoms with van der Waals surface area (Å²) in [5, 5.41) is 11.8. The van der Waals surface area contributed by atoms with E-state index in [1.807, 2.05) is 0 Å². The number of alkyl carbamates (subject to hydrolysis) is 1. The predicted octanol–water partition coefficient (Wildman–Crippen LogP) is 3.71. The van der Waals surface area contributed by atoms with Gasteiger partial charge in [-0.3, -0.25) is 9.59 Å². The van der Waals surface area contributed by atoms with Crippen molar-refractivity contribution in [3.05, 3.63) is 0 Å². The molecule has 0 aliphatic heterocycles. The Morgan fingerprint density at radius 1 is 0.963 bits per heavy atom. The van der Waals surface area contributed by atoms with Crippen LogP contribution >= 0.6 is 0 Å². The molecule has 0 aromatic rings. The first-order chi connectivity index (χ1) is 12.9. The van der Waals surface area contributed by atoms with Crippen LogP contribution in [-0.2, 0) is 19.1 Å². The van der Waals surface area contributed by atoms with Gasteiger partial charge >= 0.3 is 18.0 Å². The maximum Gasteiger partial charge on any atom is 0.410 e. The topological polar surface area (TPSA) is 102 Å². The van der Waals surface area contributed by atoms with Gasteiger partial charge in [-0.15, -0.1) is 0 Å². The predicted molar refractivity (Wildman–Crippen MR) is 98.9 cm³/mol. The maximum atomic E-state index is 12.2. The molecule has 0 aromatic carbocycles. The van der Waals surface area contributed by atoms with E-state index < -0.39 is 18.4 Å². The third-order valence-corrected chi connectivity index (χ3v) is 5.69. The summed E-state index contributed by atoms with van der Waals surface area (Å²) in [6.07, 6.45) is 6.51. The van der Waals surface area contributed by atoms with Crippen molar-refractivity contribution in [2.45, 2.75) is 77.9 Å². The summed E-state index contributed by atoms with van der Waals surface area (Å²) in [5.41, 5.74) is 0. The zero-order valence-electron chi connectivity index (χ0n) is 16.4. The summed E-state index contributed by atoms with van der Waals surface area (Å²) in [6, 6.07) is 0. The number of carbonyl (C=O) groups excluding carboxylic acids is 2. The van der Waals surface area contributed by atoms with E-state index in [0.717, 1.165) is 44.9 Å². The second-order valence-corrected chi connectivity index (χ2v) is 8.20. The van der Waals surface area contributed by atoms with Gasteiger partial charge in [0.05, 0.1) is 11.8 Å². The normalized spacial score (nSPS) is 24.9. The minimum Gasteiger partial charge on any atom is -0.481 e. The van der Waals surface area contributed by atoms with Crippen LogP contribution in [0.25, 0.3) is 0 Å². The molecule has 154 valence electrons. The summed E-state index contributed by atoms with van der Waals surface area (Å²) in [4.78, 5) is 35.2. The van der Waals surface area contributed by atoms with Crippen LogP contribution in [0.1, 0.15) is 71.6 Å². The summed E-state index contributed by atoms with van der Waals surface area (Å²) < 4.78 is 10.9. The fourth-order valence-corrected chi connectivity index (χ4v) is 3.86. The van der Waals surface area contributed by atoms with Crippen LogP contribution in [0.4, 0.5) is 4.79 Å². The Labute approximate surface area is 161 Å². The number of esters is 1. The molecule has 2 aliphatic rings. The minimum absolute atomic E-state index is 0.0539. The van der Waals surface area contributed by atoms with Crippen molar-refractivity contribution in [1.29, 1.82) is 0 Å². The Morgan fingerprint density at radius 2 is 1.59 bits per heavy atom. The van der Waals surface area contributed by atoms with E-state index in [-0.39, 0.29) is 29.6 Å². The van der Waals surface area contributed by atoms with Gasteiger partial charge in [0.2, 0.25) is 0 Å². The number of hydrogen-bond acceptors (Lipinski definition) is 5. The molecule has 1 amide bonds. The van der Waals surface area contributed by atoms with Crippen molar-refractivity contribution in [3.63, 3.8) is 0 Å². The molecule has 0 bridgehead atoms. The zero-order chi connectivity index (χ0) is 19.8. The van der Waals surface area contributed by atoms with Crippen LogP contribution in [0.3, 0.4) is 0 Å². The monoisotopic (exact) mass is 383 g/mol. The molecular weight excluding hydrogens is 350 g/mol. The number of aliphatic carboxylic acids is 1. The summed E-state index contributed by atoms with van der Waals surface area (Å²) in [6.45, 7) is 3.97. The van der Waals surface area contributed by atoms with Gasteiger partial charge in [-0.2, -0.15) is 0 Å². The molecule has 0 radical (unpaired) electrons. The zero-order valence-corrected chi connectivity index (χ0v) is 16.4. The van der Waals surface area contributed by atoms with E-state index in [1.165, 1.54) is 0 Å². The molecule has 7 nitrogen and oxygen atoms in total. The second-order valence-electron chi connectivity index (χ2n) is 8.20. The van der Waals surface area contributed by atoms with Crippen molar-refractivity contribution < 1.29 is 29.0 Å². The molecule has 2 N–H and O–H groups in total. The van der Waals surface area contributed by atoms with Crippen molar-refractivity contribution in [1.82, 2.24) is 5.32 Å². The number of carboxylic acids is 1. The van der Waals surface area contributed by atoms with Gasteiger partial charge in [0.1, 0.15) is 0 Å². The molecule has 2 aliphatic carbocycles. The van der Waals surface area contributed by atoms with E-state index in [2.05, 4.69) is 5.32 Å². The third kappa shape index (κ3) is 7.03. The molecule has 2 fully saturated rings. The molecule has 2 rings (SSSR count). The first-order valence-electron chi connectivity index (χ1n) is 10.2. The van der Waals surface area contributed by atoms with Gasteiger partial charge in [0.25, 0.3) is 6.29 Å². The average Bonchev–Trinajstić information content (AvgIpc) is 2.66. The number of carbonyl (C=O) groups is 3. The van der Waals surface area contributed by atoms with E-state index in [0.29, 0.717) is 19.4 Å². The van der Waals surface area contributed by atoms with Crippen molar-refractivity contribution >= 4 is 18.0 Å². The highest BCUT2D eigenvalue weighted by Gasteiger charge is 2.31. The van der Waals surface area contributed by atoms with Gasteiger partial charge in [-0.05, 0) is 44.4 Å². The average molecular weight is 383 g/mol. The number of carboxylic acid groups (broad SMARTS) is 1. The lowest BCUT2D eigenvalue weighted by atomic mass is 9.82. The molecule has 1 unspecified atom stereocenters. The minimum atomic E-state index is -0.831. The van der Waals surface area contributed by atoms with Crippen molar-refractivity contribution in [2.24, 2.45) is 23.7 Å². The maximum absolute atomic E-state index is 12.2. The third-order valence-electron chi connectivity index (χ3n) is 5.69. The number of amides is 1. The lowest BCUT2D eigenvalue weighted by Gasteiger charge is -2.30. The summed E-state index contributed by atoms with van der Waals surface area (Å²) in [7, 11) is 0. The Morgan fingerprint density at radius 3 is 2.15 bits per heavy atom. The van der Waals surface area contributed by atoms with Crippen LogP contribution in [0, 0.1) is 23.7 Å². The highest BCUT2D eigenvalue weighted by atomic mass is 16.7. The van der Waals surface area contributed by atoms with Gasteiger partial charge in [0.15, 0.2) is 0 Å². The Hall–Kier alpha value is -1.79. The lowest BCUT2D eigenvalue weighted by molar-refractivity contribution is -0.182. The summed E-state index contributed by atoms with van der Waals surface area (Å²) >= 11 is 0. The number of ether oxygens (including phenoxy) is 2. The van der Waals surface area contributed by atoms with Gasteiger partial charge in [0, 0.05) is 12.5 Å². The Kier molecular flexibility index (Phi) is 8.38. The van der Waals surface area contributed by atoms with Crippen LogP contribution in [0.15, 0.2) is 0 Å².